The molecule has 2 aromatic carbocycles. The number of carbonyl (C=O) groups excluding carboxylic acids is 3. The van der Waals surface area contributed by atoms with Gasteiger partial charge < -0.3 is 10.4 Å². The number of thioether (sulfide) groups is 1. The SMILES string of the molecule is Cc1ccc(C(=O)O)c(NC(=O)CC2SC(=O)N(c3ccc(Cl)cc3)C2=O)c1. The Labute approximate surface area is 169 Å². The summed E-state index contributed by atoms with van der Waals surface area (Å²) in [4.78, 5) is 49.5. The number of carboxylic acids is 1. The number of benzene rings is 2. The second-order valence-electron chi connectivity index (χ2n) is 6.13. The average molecular weight is 419 g/mol. The van der Waals surface area contributed by atoms with Gasteiger partial charge in [-0.2, -0.15) is 0 Å². The van der Waals surface area contributed by atoms with Crippen LogP contribution in [0.1, 0.15) is 22.3 Å². The van der Waals surface area contributed by atoms with Crippen LogP contribution < -0.4 is 10.2 Å². The first kappa shape index (κ1) is 19.9. The Bertz CT molecular complexity index is 977. The first-order valence-corrected chi connectivity index (χ1v) is 9.46. The fourth-order valence-electron chi connectivity index (χ4n) is 2.73. The summed E-state index contributed by atoms with van der Waals surface area (Å²) in [6, 6.07) is 10.8. The van der Waals surface area contributed by atoms with Crippen LogP contribution in [0.25, 0.3) is 0 Å². The summed E-state index contributed by atoms with van der Waals surface area (Å²) in [7, 11) is 0. The van der Waals surface area contributed by atoms with E-state index in [1.54, 1.807) is 37.3 Å². The summed E-state index contributed by atoms with van der Waals surface area (Å²) in [6.45, 7) is 1.76. The molecule has 0 saturated carbocycles. The number of aromatic carboxylic acids is 1. The van der Waals surface area contributed by atoms with Crippen molar-refractivity contribution in [1.82, 2.24) is 0 Å². The van der Waals surface area contributed by atoms with E-state index in [-0.39, 0.29) is 17.7 Å². The minimum Gasteiger partial charge on any atom is -0.478 e. The molecule has 28 heavy (non-hydrogen) atoms. The molecule has 9 heteroatoms. The van der Waals surface area contributed by atoms with Gasteiger partial charge in [0, 0.05) is 11.4 Å². The first-order chi connectivity index (χ1) is 13.3. The number of nitrogens with one attached hydrogen (secondary N) is 1. The van der Waals surface area contributed by atoms with Crippen LogP contribution in [-0.4, -0.2) is 33.4 Å². The molecule has 1 saturated heterocycles. The van der Waals surface area contributed by atoms with Gasteiger partial charge in [-0.05, 0) is 60.6 Å². The Morgan fingerprint density at radius 1 is 1.18 bits per heavy atom. The summed E-state index contributed by atoms with van der Waals surface area (Å²) in [6.07, 6.45) is -0.258. The highest BCUT2D eigenvalue weighted by Crippen LogP contribution is 2.34. The van der Waals surface area contributed by atoms with Crippen molar-refractivity contribution in [3.05, 3.63) is 58.6 Å². The maximum atomic E-state index is 12.6. The molecule has 3 amide bonds. The van der Waals surface area contributed by atoms with Crippen LogP contribution in [0.15, 0.2) is 42.5 Å². The maximum Gasteiger partial charge on any atom is 0.337 e. The molecule has 1 aliphatic heterocycles. The third-order valence-electron chi connectivity index (χ3n) is 4.06. The van der Waals surface area contributed by atoms with Gasteiger partial charge in [-0.25, -0.2) is 9.69 Å². The molecular formula is C19H15ClN2O5S. The molecule has 0 bridgehead atoms. The minimum absolute atomic E-state index is 0.0526. The zero-order valence-electron chi connectivity index (χ0n) is 14.6. The second-order valence-corrected chi connectivity index (χ2v) is 7.72. The van der Waals surface area contributed by atoms with Gasteiger partial charge in [0.25, 0.3) is 5.24 Å². The number of imide groups is 1. The lowest BCUT2D eigenvalue weighted by atomic mass is 10.1. The van der Waals surface area contributed by atoms with Crippen LogP contribution in [-0.2, 0) is 9.59 Å². The molecule has 1 fully saturated rings. The molecular weight excluding hydrogens is 404 g/mol. The van der Waals surface area contributed by atoms with Crippen molar-refractivity contribution in [2.24, 2.45) is 0 Å². The number of carboxylic acid groups (broad SMARTS) is 1. The third kappa shape index (κ3) is 4.18. The third-order valence-corrected chi connectivity index (χ3v) is 5.35. The van der Waals surface area contributed by atoms with Crippen LogP contribution in [0.2, 0.25) is 5.02 Å². The van der Waals surface area contributed by atoms with Gasteiger partial charge in [0.1, 0.15) is 5.25 Å². The van der Waals surface area contributed by atoms with Crippen molar-refractivity contribution < 1.29 is 24.3 Å². The maximum absolute atomic E-state index is 12.6. The molecule has 7 nitrogen and oxygen atoms in total. The van der Waals surface area contributed by atoms with E-state index in [1.165, 1.54) is 12.1 Å². The number of rotatable bonds is 5. The van der Waals surface area contributed by atoms with Crippen LogP contribution in [0.4, 0.5) is 16.2 Å². The molecule has 144 valence electrons. The standard InChI is InChI=1S/C19H15ClN2O5S/c1-10-2-7-13(18(25)26)14(8-10)21-16(23)9-15-17(24)22(19(27)28-15)12-5-3-11(20)4-6-12/h2-8,15H,9H2,1H3,(H,21,23)(H,25,26). The number of amides is 3. The van der Waals surface area contributed by atoms with Crippen LogP contribution >= 0.6 is 23.4 Å². The Morgan fingerprint density at radius 3 is 2.50 bits per heavy atom. The fraction of sp³-hybridized carbons (Fsp3) is 0.158. The summed E-state index contributed by atoms with van der Waals surface area (Å²) < 4.78 is 0. The number of carbonyl (C=O) groups is 4. The lowest BCUT2D eigenvalue weighted by Crippen LogP contribution is -2.33. The molecule has 2 aromatic rings. The molecule has 1 aliphatic rings. The quantitative estimate of drug-likeness (QED) is 0.762. The highest BCUT2D eigenvalue weighted by Gasteiger charge is 2.41. The summed E-state index contributed by atoms with van der Waals surface area (Å²) in [5.74, 6) is -2.23. The first-order valence-electron chi connectivity index (χ1n) is 8.20. The van der Waals surface area contributed by atoms with Gasteiger partial charge >= 0.3 is 5.97 Å². The number of hydrogen-bond acceptors (Lipinski definition) is 5. The largest absolute Gasteiger partial charge is 0.478 e. The van der Waals surface area contributed by atoms with Crippen molar-refractivity contribution >= 4 is 57.8 Å². The van der Waals surface area contributed by atoms with Gasteiger partial charge in [-0.3, -0.25) is 14.4 Å². The predicted octanol–water partition coefficient (Wildman–Crippen LogP) is 3.94. The zero-order chi connectivity index (χ0) is 20.4. The van der Waals surface area contributed by atoms with Crippen molar-refractivity contribution in [2.45, 2.75) is 18.6 Å². The van der Waals surface area contributed by atoms with Crippen molar-refractivity contribution in [2.75, 3.05) is 10.2 Å². The normalized spacial score (nSPS) is 16.4. The summed E-state index contributed by atoms with van der Waals surface area (Å²) >= 11 is 6.58. The van der Waals surface area contributed by atoms with Crippen molar-refractivity contribution in [3.63, 3.8) is 0 Å². The topological polar surface area (TPSA) is 104 Å². The van der Waals surface area contributed by atoms with Crippen LogP contribution in [0.3, 0.4) is 0 Å². The Morgan fingerprint density at radius 2 is 1.86 bits per heavy atom. The molecule has 0 aromatic heterocycles. The van der Waals surface area contributed by atoms with Gasteiger partial charge in [-0.15, -0.1) is 0 Å². The Balaban J connectivity index is 1.72. The molecule has 1 unspecified atom stereocenters. The van der Waals surface area contributed by atoms with E-state index in [2.05, 4.69) is 5.32 Å². The molecule has 0 spiro atoms. The number of nitrogens with zero attached hydrogens (tertiary/aromatic N) is 1. The minimum atomic E-state index is -1.18. The number of halogens is 1. The number of aryl methyl sites for hydroxylation is 1. The highest BCUT2D eigenvalue weighted by molar-refractivity contribution is 8.15. The number of hydrogen-bond donors (Lipinski definition) is 2. The van der Waals surface area contributed by atoms with Gasteiger partial charge in [0.05, 0.1) is 16.9 Å². The second kappa shape index (κ2) is 8.04. The molecule has 3 rings (SSSR count). The van der Waals surface area contributed by atoms with Crippen LogP contribution in [0.5, 0.6) is 0 Å². The van der Waals surface area contributed by atoms with E-state index in [0.717, 1.165) is 22.2 Å². The molecule has 0 aliphatic carbocycles. The van der Waals surface area contributed by atoms with Gasteiger partial charge in [0.15, 0.2) is 0 Å². The Kier molecular flexibility index (Phi) is 5.71. The van der Waals surface area contributed by atoms with E-state index in [0.29, 0.717) is 10.7 Å². The van der Waals surface area contributed by atoms with Crippen molar-refractivity contribution in [3.8, 4) is 0 Å². The van der Waals surface area contributed by atoms with Gasteiger partial charge in [0.2, 0.25) is 11.8 Å². The number of anilines is 2. The smallest absolute Gasteiger partial charge is 0.337 e. The van der Waals surface area contributed by atoms with E-state index < -0.39 is 28.3 Å². The molecule has 1 atom stereocenters. The Hall–Kier alpha value is -2.84. The lowest BCUT2D eigenvalue weighted by Gasteiger charge is -2.14. The fourth-order valence-corrected chi connectivity index (χ4v) is 3.84. The van der Waals surface area contributed by atoms with E-state index in [1.807, 2.05) is 0 Å². The highest BCUT2D eigenvalue weighted by atomic mass is 35.5. The monoisotopic (exact) mass is 418 g/mol. The van der Waals surface area contributed by atoms with Gasteiger partial charge in [-0.1, -0.05) is 17.7 Å². The van der Waals surface area contributed by atoms with E-state index >= 15 is 0 Å². The zero-order valence-corrected chi connectivity index (χ0v) is 16.2. The molecule has 2 N–H and O–H groups in total. The average Bonchev–Trinajstić information content (AvgIpc) is 2.89. The van der Waals surface area contributed by atoms with Crippen molar-refractivity contribution in [1.29, 1.82) is 0 Å². The molecule has 0 radical (unpaired) electrons. The summed E-state index contributed by atoms with van der Waals surface area (Å²) in [5.41, 5.74) is 1.24. The summed E-state index contributed by atoms with van der Waals surface area (Å²) in [5, 5.41) is 10.9. The predicted molar refractivity (Wildman–Crippen MR) is 107 cm³/mol. The molecule has 1 heterocycles. The van der Waals surface area contributed by atoms with E-state index in [4.69, 9.17) is 11.6 Å². The van der Waals surface area contributed by atoms with Crippen LogP contribution in [0, 0.1) is 6.92 Å². The lowest BCUT2D eigenvalue weighted by molar-refractivity contribution is -0.121. The van der Waals surface area contributed by atoms with E-state index in [9.17, 15) is 24.3 Å².